The number of hydrogen-bond acceptors (Lipinski definition) is 3. The Morgan fingerprint density at radius 1 is 1.00 bits per heavy atom. The number of allylic oxidation sites excluding steroid dienone is 1. The molecule has 0 aliphatic rings. The molecule has 2 N–H and O–H groups in total. The Hall–Kier alpha value is -2.53. The second-order valence-corrected chi connectivity index (χ2v) is 6.68. The van der Waals surface area contributed by atoms with Gasteiger partial charge in [0.2, 0.25) is 0 Å². The molecule has 130 valence electrons. The maximum Gasteiger partial charge on any atom is 0.319 e. The Morgan fingerprint density at radius 2 is 1.64 bits per heavy atom. The SMILES string of the molecule is CSc1ccc(/C=C/C(=O)c2ccc(NC(=O)NC(C)C)cc2)cc1. The molecule has 0 atom stereocenters. The van der Waals surface area contributed by atoms with Gasteiger partial charge >= 0.3 is 6.03 Å². The molecule has 4 nitrogen and oxygen atoms in total. The number of benzene rings is 2. The third-order valence-corrected chi connectivity index (χ3v) is 4.13. The van der Waals surface area contributed by atoms with E-state index in [4.69, 9.17) is 0 Å². The Kier molecular flexibility index (Phi) is 6.83. The molecule has 5 heteroatoms. The van der Waals surface area contributed by atoms with Crippen LogP contribution in [0.2, 0.25) is 0 Å². The van der Waals surface area contributed by atoms with E-state index >= 15 is 0 Å². The van der Waals surface area contributed by atoms with Crippen molar-refractivity contribution in [2.75, 3.05) is 11.6 Å². The molecule has 0 bridgehead atoms. The molecule has 2 rings (SSSR count). The number of hydrogen-bond donors (Lipinski definition) is 2. The van der Waals surface area contributed by atoms with Crippen molar-refractivity contribution in [3.8, 4) is 0 Å². The van der Waals surface area contributed by atoms with Crippen molar-refractivity contribution in [3.05, 3.63) is 65.7 Å². The minimum absolute atomic E-state index is 0.0657. The number of urea groups is 1. The van der Waals surface area contributed by atoms with Crippen LogP contribution < -0.4 is 10.6 Å². The van der Waals surface area contributed by atoms with Gasteiger partial charge in [0.25, 0.3) is 0 Å². The van der Waals surface area contributed by atoms with E-state index in [-0.39, 0.29) is 17.9 Å². The molecule has 0 spiro atoms. The van der Waals surface area contributed by atoms with Gasteiger partial charge in [-0.3, -0.25) is 4.79 Å². The molecule has 0 saturated heterocycles. The predicted octanol–water partition coefficient (Wildman–Crippen LogP) is 4.83. The fraction of sp³-hybridized carbons (Fsp3) is 0.200. The van der Waals surface area contributed by atoms with E-state index in [0.717, 1.165) is 5.56 Å². The summed E-state index contributed by atoms with van der Waals surface area (Å²) >= 11 is 1.68. The zero-order valence-corrected chi connectivity index (χ0v) is 15.4. The van der Waals surface area contributed by atoms with Crippen LogP contribution in [0.1, 0.15) is 29.8 Å². The van der Waals surface area contributed by atoms with Gasteiger partial charge in [-0.1, -0.05) is 18.2 Å². The number of carbonyl (C=O) groups excluding carboxylic acids is 2. The van der Waals surface area contributed by atoms with Crippen molar-refractivity contribution in [3.63, 3.8) is 0 Å². The van der Waals surface area contributed by atoms with Gasteiger partial charge in [0.1, 0.15) is 0 Å². The quantitative estimate of drug-likeness (QED) is 0.443. The van der Waals surface area contributed by atoms with Gasteiger partial charge in [0.15, 0.2) is 5.78 Å². The summed E-state index contributed by atoms with van der Waals surface area (Å²) in [6, 6.07) is 14.7. The summed E-state index contributed by atoms with van der Waals surface area (Å²) in [6.07, 6.45) is 5.38. The molecular formula is C20H22N2O2S. The van der Waals surface area contributed by atoms with Gasteiger partial charge < -0.3 is 10.6 Å². The summed E-state index contributed by atoms with van der Waals surface area (Å²) in [5.41, 5.74) is 2.20. The van der Waals surface area contributed by atoms with Crippen molar-refractivity contribution in [2.24, 2.45) is 0 Å². The summed E-state index contributed by atoms with van der Waals surface area (Å²) in [6.45, 7) is 3.78. The van der Waals surface area contributed by atoms with Gasteiger partial charge in [-0.15, -0.1) is 11.8 Å². The van der Waals surface area contributed by atoms with Crippen LogP contribution >= 0.6 is 11.8 Å². The van der Waals surface area contributed by atoms with Crippen LogP contribution in [0, 0.1) is 0 Å². The van der Waals surface area contributed by atoms with Crippen molar-refractivity contribution >= 4 is 35.3 Å². The molecule has 25 heavy (non-hydrogen) atoms. The van der Waals surface area contributed by atoms with Crippen molar-refractivity contribution in [2.45, 2.75) is 24.8 Å². The van der Waals surface area contributed by atoms with Crippen LogP contribution in [0.25, 0.3) is 6.08 Å². The van der Waals surface area contributed by atoms with Gasteiger partial charge in [0, 0.05) is 22.2 Å². The fourth-order valence-corrected chi connectivity index (χ4v) is 2.54. The largest absolute Gasteiger partial charge is 0.336 e. The van der Waals surface area contributed by atoms with E-state index < -0.39 is 0 Å². The molecule has 0 saturated carbocycles. The molecule has 0 aliphatic heterocycles. The average Bonchev–Trinajstić information content (AvgIpc) is 2.60. The molecule has 2 aromatic rings. The normalized spacial score (nSPS) is 10.9. The Bertz CT molecular complexity index is 750. The van der Waals surface area contributed by atoms with Gasteiger partial charge in [0.05, 0.1) is 0 Å². The fourth-order valence-electron chi connectivity index (χ4n) is 2.13. The second-order valence-electron chi connectivity index (χ2n) is 5.80. The molecule has 0 heterocycles. The Balaban J connectivity index is 1.97. The molecule has 0 radical (unpaired) electrons. The zero-order chi connectivity index (χ0) is 18.2. The number of ketones is 1. The number of rotatable bonds is 6. The highest BCUT2D eigenvalue weighted by Crippen LogP contribution is 2.16. The highest BCUT2D eigenvalue weighted by Gasteiger charge is 2.05. The number of anilines is 1. The highest BCUT2D eigenvalue weighted by molar-refractivity contribution is 7.98. The number of thioether (sulfide) groups is 1. The van der Waals surface area contributed by atoms with E-state index in [0.29, 0.717) is 11.3 Å². The minimum Gasteiger partial charge on any atom is -0.336 e. The lowest BCUT2D eigenvalue weighted by Gasteiger charge is -2.10. The topological polar surface area (TPSA) is 58.2 Å². The summed E-state index contributed by atoms with van der Waals surface area (Å²) in [5.74, 6) is -0.0767. The summed E-state index contributed by atoms with van der Waals surface area (Å²) < 4.78 is 0. The van der Waals surface area contributed by atoms with Crippen LogP contribution in [-0.4, -0.2) is 24.1 Å². The van der Waals surface area contributed by atoms with E-state index in [1.807, 2.05) is 44.4 Å². The Labute approximate surface area is 152 Å². The average molecular weight is 354 g/mol. The van der Waals surface area contributed by atoms with E-state index in [1.54, 1.807) is 48.2 Å². The van der Waals surface area contributed by atoms with Gasteiger partial charge in [-0.2, -0.15) is 0 Å². The lowest BCUT2D eigenvalue weighted by molar-refractivity contribution is 0.104. The summed E-state index contributed by atoms with van der Waals surface area (Å²) in [4.78, 5) is 25.1. The molecule has 0 unspecified atom stereocenters. The number of carbonyl (C=O) groups is 2. The molecule has 0 aromatic heterocycles. The monoisotopic (exact) mass is 354 g/mol. The maximum absolute atomic E-state index is 12.2. The molecule has 0 aliphatic carbocycles. The number of amides is 2. The first-order valence-corrected chi connectivity index (χ1v) is 9.24. The van der Waals surface area contributed by atoms with Crippen molar-refractivity contribution < 1.29 is 9.59 Å². The standard InChI is InChI=1S/C20H22N2O2S/c1-14(2)21-20(24)22-17-9-7-16(8-10-17)19(23)13-6-15-4-11-18(25-3)12-5-15/h4-14H,1-3H3,(H2,21,22,24)/b13-6+. The predicted molar refractivity (Wildman–Crippen MR) is 105 cm³/mol. The van der Waals surface area contributed by atoms with E-state index in [9.17, 15) is 9.59 Å². The van der Waals surface area contributed by atoms with Crippen molar-refractivity contribution in [1.29, 1.82) is 0 Å². The lowest BCUT2D eigenvalue weighted by atomic mass is 10.1. The lowest BCUT2D eigenvalue weighted by Crippen LogP contribution is -2.34. The summed E-state index contributed by atoms with van der Waals surface area (Å²) in [5, 5.41) is 5.47. The van der Waals surface area contributed by atoms with Gasteiger partial charge in [-0.05, 0) is 68.1 Å². The first-order valence-electron chi connectivity index (χ1n) is 8.02. The molecular weight excluding hydrogens is 332 g/mol. The number of nitrogens with one attached hydrogen (secondary N) is 2. The van der Waals surface area contributed by atoms with E-state index in [1.165, 1.54) is 4.90 Å². The smallest absolute Gasteiger partial charge is 0.319 e. The Morgan fingerprint density at radius 3 is 2.20 bits per heavy atom. The maximum atomic E-state index is 12.2. The van der Waals surface area contributed by atoms with Crippen LogP contribution in [0.5, 0.6) is 0 Å². The van der Waals surface area contributed by atoms with Gasteiger partial charge in [-0.25, -0.2) is 4.79 Å². The van der Waals surface area contributed by atoms with Crippen LogP contribution in [0.3, 0.4) is 0 Å². The van der Waals surface area contributed by atoms with Crippen molar-refractivity contribution in [1.82, 2.24) is 5.32 Å². The third-order valence-electron chi connectivity index (χ3n) is 3.39. The molecule has 0 fully saturated rings. The van der Waals surface area contributed by atoms with Crippen LogP contribution in [0.15, 0.2) is 59.5 Å². The summed E-state index contributed by atoms with van der Waals surface area (Å²) in [7, 11) is 0. The molecule has 2 amide bonds. The van der Waals surface area contributed by atoms with Crippen LogP contribution in [-0.2, 0) is 0 Å². The zero-order valence-electron chi connectivity index (χ0n) is 14.6. The third kappa shape index (κ3) is 6.12. The second kappa shape index (κ2) is 9.08. The first-order chi connectivity index (χ1) is 12.0. The highest BCUT2D eigenvalue weighted by atomic mass is 32.2. The minimum atomic E-state index is -0.261. The first kappa shape index (κ1) is 18.8. The molecule has 2 aromatic carbocycles. The van der Waals surface area contributed by atoms with E-state index in [2.05, 4.69) is 10.6 Å². The van der Waals surface area contributed by atoms with Crippen LogP contribution in [0.4, 0.5) is 10.5 Å².